The topological polar surface area (TPSA) is 149 Å². The average Bonchev–Trinajstić information content (AvgIpc) is 3.03. The van der Waals surface area contributed by atoms with E-state index in [1.165, 1.54) is 0 Å². The fourth-order valence-corrected chi connectivity index (χ4v) is 4.00. The lowest BCUT2D eigenvalue weighted by Crippen LogP contribution is -2.54. The highest BCUT2D eigenvalue weighted by atomic mass is 16.4. The first-order chi connectivity index (χ1) is 13.7. The van der Waals surface area contributed by atoms with Crippen LogP contribution < -0.4 is 0 Å². The van der Waals surface area contributed by atoms with Crippen LogP contribution in [0.4, 0.5) is 0 Å². The predicted octanol–water partition coefficient (Wildman–Crippen LogP) is 2.13. The van der Waals surface area contributed by atoms with Gasteiger partial charge in [0.15, 0.2) is 0 Å². The second kappa shape index (κ2) is 7.38. The minimum atomic E-state index is -3.47. The maximum Gasteiger partial charge on any atom is 0.333 e. The van der Waals surface area contributed by atoms with Crippen LogP contribution in [0.3, 0.4) is 0 Å². The molecule has 2 aromatic carbocycles. The maximum atomic E-state index is 11.7. The zero-order valence-corrected chi connectivity index (χ0v) is 15.2. The van der Waals surface area contributed by atoms with Crippen molar-refractivity contribution in [1.29, 1.82) is 0 Å². The molecule has 2 aromatic rings. The third-order valence-electron chi connectivity index (χ3n) is 5.48. The minimum Gasteiger partial charge on any atom is -0.481 e. The summed E-state index contributed by atoms with van der Waals surface area (Å²) in [5.41, 5.74) is 1.35. The number of hydrogen-bond acceptors (Lipinski definition) is 4. The Morgan fingerprint density at radius 2 is 1.41 bits per heavy atom. The van der Waals surface area contributed by atoms with E-state index in [0.29, 0.717) is 6.42 Å². The molecule has 8 heteroatoms. The number of aliphatic carboxylic acids is 4. The molecule has 0 saturated heterocycles. The SMILES string of the molecule is O=C(O)C(CCc1cccc2c1Cc1ccccc1-2)C(C(=O)O)(C(=O)O)C(=O)O. The molecule has 0 bridgehead atoms. The van der Waals surface area contributed by atoms with Crippen molar-refractivity contribution in [2.24, 2.45) is 11.3 Å². The Morgan fingerprint density at radius 3 is 2.00 bits per heavy atom. The van der Waals surface area contributed by atoms with Gasteiger partial charge in [0.05, 0.1) is 5.92 Å². The van der Waals surface area contributed by atoms with E-state index in [4.69, 9.17) is 0 Å². The van der Waals surface area contributed by atoms with Crippen LogP contribution in [0.15, 0.2) is 42.5 Å². The summed E-state index contributed by atoms with van der Waals surface area (Å²) < 4.78 is 0. The Balaban J connectivity index is 1.96. The van der Waals surface area contributed by atoms with Gasteiger partial charge >= 0.3 is 23.9 Å². The lowest BCUT2D eigenvalue weighted by atomic mass is 9.72. The molecule has 0 saturated carbocycles. The van der Waals surface area contributed by atoms with E-state index in [2.05, 4.69) is 0 Å². The van der Waals surface area contributed by atoms with E-state index in [-0.39, 0.29) is 6.42 Å². The Hall–Kier alpha value is -3.68. The van der Waals surface area contributed by atoms with Crippen LogP contribution in [0.1, 0.15) is 23.1 Å². The molecule has 0 aliphatic heterocycles. The maximum absolute atomic E-state index is 11.7. The third-order valence-corrected chi connectivity index (χ3v) is 5.48. The molecule has 150 valence electrons. The lowest BCUT2D eigenvalue weighted by Gasteiger charge is -2.27. The summed E-state index contributed by atoms with van der Waals surface area (Å²) in [6.07, 6.45) is 0.193. The van der Waals surface area contributed by atoms with Crippen molar-refractivity contribution < 1.29 is 39.6 Å². The van der Waals surface area contributed by atoms with Crippen LogP contribution in [-0.4, -0.2) is 44.3 Å². The number of hydrogen-bond donors (Lipinski definition) is 4. The molecule has 0 spiro atoms. The van der Waals surface area contributed by atoms with Crippen LogP contribution >= 0.6 is 0 Å². The van der Waals surface area contributed by atoms with Crippen LogP contribution in [0.2, 0.25) is 0 Å². The average molecular weight is 398 g/mol. The summed E-state index contributed by atoms with van der Waals surface area (Å²) in [6, 6.07) is 13.2. The smallest absolute Gasteiger partial charge is 0.333 e. The van der Waals surface area contributed by atoms with E-state index in [9.17, 15) is 39.6 Å². The van der Waals surface area contributed by atoms with E-state index in [1.807, 2.05) is 30.3 Å². The molecule has 0 aromatic heterocycles. The molecular formula is C21H18O8. The largest absolute Gasteiger partial charge is 0.481 e. The van der Waals surface area contributed by atoms with Crippen molar-refractivity contribution in [1.82, 2.24) is 0 Å². The predicted molar refractivity (Wildman–Crippen MR) is 99.5 cm³/mol. The fourth-order valence-electron chi connectivity index (χ4n) is 4.00. The van der Waals surface area contributed by atoms with Crippen molar-refractivity contribution in [3.63, 3.8) is 0 Å². The van der Waals surface area contributed by atoms with Gasteiger partial charge < -0.3 is 20.4 Å². The van der Waals surface area contributed by atoms with Crippen LogP contribution in [0.5, 0.6) is 0 Å². The Morgan fingerprint density at radius 1 is 0.828 bits per heavy atom. The van der Waals surface area contributed by atoms with E-state index in [0.717, 1.165) is 27.8 Å². The summed E-state index contributed by atoms with van der Waals surface area (Å²) in [7, 11) is 0. The molecule has 1 atom stereocenters. The summed E-state index contributed by atoms with van der Waals surface area (Å²) in [6.45, 7) is 0. The third kappa shape index (κ3) is 3.12. The van der Waals surface area contributed by atoms with Gasteiger partial charge in [-0.1, -0.05) is 42.5 Å². The molecule has 4 N–H and O–H groups in total. The van der Waals surface area contributed by atoms with Gasteiger partial charge in [0.1, 0.15) is 0 Å². The summed E-state index contributed by atoms with van der Waals surface area (Å²) in [5.74, 6) is -10.6. The molecule has 8 nitrogen and oxygen atoms in total. The number of carboxylic acids is 4. The van der Waals surface area contributed by atoms with Gasteiger partial charge in [-0.3, -0.25) is 19.2 Å². The van der Waals surface area contributed by atoms with E-state index >= 15 is 0 Å². The van der Waals surface area contributed by atoms with Crippen molar-refractivity contribution in [2.75, 3.05) is 0 Å². The van der Waals surface area contributed by atoms with Crippen molar-refractivity contribution >= 4 is 23.9 Å². The van der Waals surface area contributed by atoms with Gasteiger partial charge in [0.25, 0.3) is 5.41 Å². The van der Waals surface area contributed by atoms with E-state index < -0.39 is 41.6 Å². The molecule has 1 aliphatic rings. The Bertz CT molecular complexity index is 987. The molecule has 3 rings (SSSR count). The van der Waals surface area contributed by atoms with Gasteiger partial charge in [0.2, 0.25) is 0 Å². The van der Waals surface area contributed by atoms with Crippen LogP contribution in [0.25, 0.3) is 11.1 Å². The summed E-state index contributed by atoms with van der Waals surface area (Å²) >= 11 is 0. The molecule has 0 fully saturated rings. The second-order valence-electron chi connectivity index (χ2n) is 6.93. The highest BCUT2D eigenvalue weighted by Gasteiger charge is 2.62. The number of aryl methyl sites for hydroxylation is 1. The summed E-state index contributed by atoms with van der Waals surface area (Å²) in [5, 5.41) is 37.5. The number of fused-ring (bicyclic) bond motifs is 3. The minimum absolute atomic E-state index is 0.0315. The van der Waals surface area contributed by atoms with Gasteiger partial charge in [-0.25, -0.2) is 0 Å². The molecule has 0 amide bonds. The lowest BCUT2D eigenvalue weighted by molar-refractivity contribution is -0.186. The standard InChI is InChI=1S/C21H18O8/c22-17(23)16(21(18(24)25,19(26)27)20(28)29)9-8-11-5-3-7-14-13-6-2-1-4-12(13)10-15(11)14/h1-7,16H,8-10H2,(H,22,23)(H,24,25)(H,26,27)(H,28,29). The van der Waals surface area contributed by atoms with Crippen molar-refractivity contribution in [2.45, 2.75) is 19.3 Å². The second-order valence-corrected chi connectivity index (χ2v) is 6.93. The van der Waals surface area contributed by atoms with Gasteiger partial charge in [-0.15, -0.1) is 0 Å². The summed E-state index contributed by atoms with van der Waals surface area (Å²) in [4.78, 5) is 46.4. The zero-order valence-electron chi connectivity index (χ0n) is 15.2. The highest BCUT2D eigenvalue weighted by Crippen LogP contribution is 2.40. The van der Waals surface area contributed by atoms with Crippen LogP contribution in [-0.2, 0) is 32.0 Å². The quantitative estimate of drug-likeness (QED) is 0.422. The van der Waals surface area contributed by atoms with Crippen LogP contribution in [0, 0.1) is 11.3 Å². The van der Waals surface area contributed by atoms with Crippen molar-refractivity contribution in [3.05, 3.63) is 59.2 Å². The number of carbonyl (C=O) groups is 4. The van der Waals surface area contributed by atoms with Gasteiger partial charge in [0, 0.05) is 0 Å². The Kier molecular flexibility index (Phi) is 5.11. The number of benzene rings is 2. The molecule has 0 radical (unpaired) electrons. The first kappa shape index (κ1) is 20.1. The molecule has 29 heavy (non-hydrogen) atoms. The molecule has 1 aliphatic carbocycles. The first-order valence-corrected chi connectivity index (χ1v) is 8.83. The molecular weight excluding hydrogens is 380 g/mol. The van der Waals surface area contributed by atoms with Gasteiger partial charge in [-0.2, -0.15) is 0 Å². The van der Waals surface area contributed by atoms with Gasteiger partial charge in [-0.05, 0) is 47.1 Å². The molecule has 1 unspecified atom stereocenters. The monoisotopic (exact) mass is 398 g/mol. The molecule has 0 heterocycles. The highest BCUT2D eigenvalue weighted by molar-refractivity contribution is 6.18. The van der Waals surface area contributed by atoms with Crippen molar-refractivity contribution in [3.8, 4) is 11.1 Å². The normalized spacial score (nSPS) is 13.2. The van der Waals surface area contributed by atoms with E-state index in [1.54, 1.807) is 12.1 Å². The number of rotatable bonds is 8. The fraction of sp³-hybridized carbons (Fsp3) is 0.238. The zero-order chi connectivity index (χ0) is 21.3. The first-order valence-electron chi connectivity index (χ1n) is 8.83. The number of carboxylic acid groups (broad SMARTS) is 4. The Labute approximate surface area is 165 Å².